The van der Waals surface area contributed by atoms with Crippen LogP contribution < -0.4 is 5.73 Å². The highest BCUT2D eigenvalue weighted by atomic mass is 32.2. The van der Waals surface area contributed by atoms with Gasteiger partial charge in [0, 0.05) is 6.04 Å². The minimum Gasteiger partial charge on any atom is -0.323 e. The molecule has 0 spiro atoms. The molecule has 0 saturated carbocycles. The molecule has 1 aliphatic carbocycles. The van der Waals surface area contributed by atoms with Gasteiger partial charge < -0.3 is 5.73 Å². The Morgan fingerprint density at radius 1 is 1.28 bits per heavy atom. The maximum absolute atomic E-state index is 12.3. The first-order valence-corrected chi connectivity index (χ1v) is 8.32. The number of unbranched alkanes of at least 4 members (excludes halogenated alkanes) is 2. The predicted octanol–water partition coefficient (Wildman–Crippen LogP) is 2.22. The Balaban J connectivity index is 2.13. The van der Waals surface area contributed by atoms with Gasteiger partial charge in [-0.1, -0.05) is 44.0 Å². The minimum atomic E-state index is -3.07. The molecule has 3 nitrogen and oxygen atoms in total. The summed E-state index contributed by atoms with van der Waals surface area (Å²) in [4.78, 5) is 0. The fraction of sp³-hybridized carbons (Fsp3) is 0.571. The van der Waals surface area contributed by atoms with Crippen molar-refractivity contribution in [3.05, 3.63) is 35.4 Å². The van der Waals surface area contributed by atoms with E-state index in [1.807, 2.05) is 24.3 Å². The molecule has 0 aliphatic heterocycles. The van der Waals surface area contributed by atoms with Crippen LogP contribution in [0.25, 0.3) is 0 Å². The molecule has 2 unspecified atom stereocenters. The molecule has 1 aromatic rings. The van der Waals surface area contributed by atoms with Gasteiger partial charge in [0.2, 0.25) is 0 Å². The monoisotopic (exact) mass is 267 g/mol. The SMILES string of the molecule is CCCCCS(=O)(=O)C1Cc2ccccc2C1N. The van der Waals surface area contributed by atoms with Crippen molar-refractivity contribution >= 4 is 9.84 Å². The Bertz CT molecular complexity index is 510. The van der Waals surface area contributed by atoms with Crippen LogP contribution in [0.5, 0.6) is 0 Å². The highest BCUT2D eigenvalue weighted by Crippen LogP contribution is 2.34. The van der Waals surface area contributed by atoms with Gasteiger partial charge >= 0.3 is 0 Å². The first kappa shape index (κ1) is 13.6. The molecule has 18 heavy (non-hydrogen) atoms. The molecule has 4 heteroatoms. The smallest absolute Gasteiger partial charge is 0.155 e. The molecular formula is C14H21NO2S. The van der Waals surface area contributed by atoms with Gasteiger partial charge in [-0.3, -0.25) is 0 Å². The lowest BCUT2D eigenvalue weighted by Gasteiger charge is -2.16. The maximum atomic E-state index is 12.3. The Hall–Kier alpha value is -0.870. The molecule has 0 radical (unpaired) electrons. The first-order chi connectivity index (χ1) is 8.56. The van der Waals surface area contributed by atoms with Crippen LogP contribution in [0.4, 0.5) is 0 Å². The molecule has 2 N–H and O–H groups in total. The summed E-state index contributed by atoms with van der Waals surface area (Å²) in [5, 5.41) is -0.424. The van der Waals surface area contributed by atoms with Gasteiger partial charge in [-0.05, 0) is 24.0 Å². The largest absolute Gasteiger partial charge is 0.323 e. The Morgan fingerprint density at radius 2 is 2.00 bits per heavy atom. The second-order valence-corrected chi connectivity index (χ2v) is 7.38. The summed E-state index contributed by atoms with van der Waals surface area (Å²) in [7, 11) is -3.07. The van der Waals surface area contributed by atoms with Crippen LogP contribution >= 0.6 is 0 Å². The van der Waals surface area contributed by atoms with Gasteiger partial charge in [0.25, 0.3) is 0 Å². The van der Waals surface area contributed by atoms with E-state index in [0.29, 0.717) is 6.42 Å². The average molecular weight is 267 g/mol. The second-order valence-electron chi connectivity index (χ2n) is 5.04. The third-order valence-corrected chi connectivity index (χ3v) is 5.97. The average Bonchev–Trinajstić information content (AvgIpc) is 2.69. The fourth-order valence-corrected chi connectivity index (χ4v) is 4.58. The number of fused-ring (bicyclic) bond motifs is 1. The number of hydrogen-bond acceptors (Lipinski definition) is 3. The Morgan fingerprint density at radius 3 is 2.67 bits per heavy atom. The van der Waals surface area contributed by atoms with E-state index in [2.05, 4.69) is 6.92 Å². The lowest BCUT2D eigenvalue weighted by Crippen LogP contribution is -2.32. The van der Waals surface area contributed by atoms with Crippen molar-refractivity contribution in [1.82, 2.24) is 0 Å². The number of nitrogens with two attached hydrogens (primary N) is 1. The zero-order valence-corrected chi connectivity index (χ0v) is 11.6. The fourth-order valence-electron chi connectivity index (χ4n) is 2.64. The van der Waals surface area contributed by atoms with Crippen molar-refractivity contribution in [3.63, 3.8) is 0 Å². The van der Waals surface area contributed by atoms with Gasteiger partial charge in [-0.15, -0.1) is 0 Å². The van der Waals surface area contributed by atoms with Crippen LogP contribution in [0.3, 0.4) is 0 Å². The van der Waals surface area contributed by atoms with E-state index >= 15 is 0 Å². The summed E-state index contributed by atoms with van der Waals surface area (Å²) < 4.78 is 24.6. The van der Waals surface area contributed by atoms with Gasteiger partial charge in [0.1, 0.15) is 0 Å². The van der Waals surface area contributed by atoms with Crippen molar-refractivity contribution in [3.8, 4) is 0 Å². The standard InChI is InChI=1S/C14H21NO2S/c1-2-3-6-9-18(16,17)13-10-11-7-4-5-8-12(11)14(13)15/h4-5,7-8,13-14H,2-3,6,9-10,15H2,1H3. The first-order valence-electron chi connectivity index (χ1n) is 6.61. The summed E-state index contributed by atoms with van der Waals surface area (Å²) in [6.45, 7) is 2.07. The van der Waals surface area contributed by atoms with Crippen LogP contribution in [-0.4, -0.2) is 19.4 Å². The molecule has 1 aliphatic rings. The van der Waals surface area contributed by atoms with Gasteiger partial charge in [0.05, 0.1) is 11.0 Å². The third kappa shape index (κ3) is 2.59. The van der Waals surface area contributed by atoms with Crippen molar-refractivity contribution in [2.75, 3.05) is 5.75 Å². The van der Waals surface area contributed by atoms with Crippen LogP contribution in [0, 0.1) is 0 Å². The van der Waals surface area contributed by atoms with Crippen molar-refractivity contribution in [2.24, 2.45) is 5.73 Å². The number of rotatable bonds is 5. The summed E-state index contributed by atoms with van der Waals surface area (Å²) in [6, 6.07) is 7.44. The highest BCUT2D eigenvalue weighted by Gasteiger charge is 2.38. The van der Waals surface area contributed by atoms with Crippen molar-refractivity contribution in [1.29, 1.82) is 0 Å². The van der Waals surface area contributed by atoms with Crippen molar-refractivity contribution in [2.45, 2.75) is 43.9 Å². The van der Waals surface area contributed by atoms with Gasteiger partial charge in [-0.2, -0.15) is 0 Å². The molecule has 0 amide bonds. The summed E-state index contributed by atoms with van der Waals surface area (Å²) in [5.41, 5.74) is 8.19. The molecule has 0 heterocycles. The molecular weight excluding hydrogens is 246 g/mol. The van der Waals surface area contributed by atoms with E-state index in [4.69, 9.17) is 5.73 Å². The summed E-state index contributed by atoms with van der Waals surface area (Å²) in [6.07, 6.45) is 3.32. The van der Waals surface area contributed by atoms with Gasteiger partial charge in [0.15, 0.2) is 9.84 Å². The van der Waals surface area contributed by atoms with E-state index < -0.39 is 15.1 Å². The molecule has 0 aromatic heterocycles. The zero-order valence-electron chi connectivity index (χ0n) is 10.8. The van der Waals surface area contributed by atoms with Crippen LogP contribution in [0.2, 0.25) is 0 Å². The Labute approximate surface area is 109 Å². The van der Waals surface area contributed by atoms with Crippen LogP contribution in [0.15, 0.2) is 24.3 Å². The van der Waals surface area contributed by atoms with E-state index in [1.54, 1.807) is 0 Å². The molecule has 0 saturated heterocycles. The second kappa shape index (κ2) is 5.41. The zero-order chi connectivity index (χ0) is 13.2. The Kier molecular flexibility index (Phi) is 4.07. The highest BCUT2D eigenvalue weighted by molar-refractivity contribution is 7.92. The van der Waals surface area contributed by atoms with Crippen molar-refractivity contribution < 1.29 is 8.42 Å². The quantitative estimate of drug-likeness (QED) is 0.832. The van der Waals surface area contributed by atoms with E-state index in [9.17, 15) is 8.42 Å². The number of benzene rings is 1. The molecule has 1 aromatic carbocycles. The number of sulfone groups is 1. The third-order valence-electron chi connectivity index (χ3n) is 3.73. The van der Waals surface area contributed by atoms with E-state index in [-0.39, 0.29) is 11.8 Å². The normalized spacial score (nSPS) is 23.0. The molecule has 100 valence electrons. The minimum absolute atomic E-state index is 0.271. The molecule has 0 bridgehead atoms. The maximum Gasteiger partial charge on any atom is 0.155 e. The molecule has 0 fully saturated rings. The molecule has 2 atom stereocenters. The lowest BCUT2D eigenvalue weighted by atomic mass is 10.1. The number of hydrogen-bond donors (Lipinski definition) is 1. The predicted molar refractivity (Wildman–Crippen MR) is 74.2 cm³/mol. The lowest BCUT2D eigenvalue weighted by molar-refractivity contribution is 0.561. The van der Waals surface area contributed by atoms with Crippen LogP contribution in [-0.2, 0) is 16.3 Å². The van der Waals surface area contributed by atoms with E-state index in [0.717, 1.165) is 30.4 Å². The summed E-state index contributed by atoms with van der Waals surface area (Å²) in [5.74, 6) is 0.271. The molecule has 2 rings (SSSR count). The summed E-state index contributed by atoms with van der Waals surface area (Å²) >= 11 is 0. The van der Waals surface area contributed by atoms with E-state index in [1.165, 1.54) is 0 Å². The topological polar surface area (TPSA) is 60.2 Å². The van der Waals surface area contributed by atoms with Gasteiger partial charge in [-0.25, -0.2) is 8.42 Å². The van der Waals surface area contributed by atoms with Crippen LogP contribution in [0.1, 0.15) is 43.4 Å².